The van der Waals surface area contributed by atoms with E-state index in [-0.39, 0.29) is 6.03 Å². The topological polar surface area (TPSA) is 72.9 Å². The summed E-state index contributed by atoms with van der Waals surface area (Å²) in [5.41, 5.74) is 0. The minimum absolute atomic E-state index is 0.237. The number of rotatable bonds is 4. The largest absolute Gasteiger partial charge is 0.480 e. The molecule has 2 amide bonds. The van der Waals surface area contributed by atoms with Crippen LogP contribution in [0.3, 0.4) is 0 Å². The smallest absolute Gasteiger partial charge is 0.326 e. The molecular formula is C14H25N3O3. The zero-order chi connectivity index (χ0) is 14.5. The standard InChI is InChI=1S/C14H25N3O3/c1-11(16-7-3-2-4-8-16)10-15-14(20)17-9-5-6-12(17)13(18)19/h11-12H,2-10H2,1H3,(H,15,20)(H,18,19)/t11?,12-/m1/s1. The van der Waals surface area contributed by atoms with Gasteiger partial charge in [0.25, 0.3) is 0 Å². The molecule has 0 aromatic heterocycles. The van der Waals surface area contributed by atoms with E-state index in [4.69, 9.17) is 5.11 Å². The molecule has 6 nitrogen and oxygen atoms in total. The number of urea groups is 1. The van der Waals surface area contributed by atoms with Crippen LogP contribution in [0.5, 0.6) is 0 Å². The normalized spacial score (nSPS) is 25.4. The summed E-state index contributed by atoms with van der Waals surface area (Å²) in [5, 5.41) is 12.0. The van der Waals surface area contributed by atoms with E-state index in [0.29, 0.717) is 25.6 Å². The average molecular weight is 283 g/mol. The lowest BCUT2D eigenvalue weighted by atomic mass is 10.1. The minimum atomic E-state index is -0.901. The molecular weight excluding hydrogens is 258 g/mol. The number of carboxylic acids is 1. The van der Waals surface area contributed by atoms with E-state index in [1.165, 1.54) is 24.2 Å². The van der Waals surface area contributed by atoms with Gasteiger partial charge in [-0.3, -0.25) is 4.90 Å². The van der Waals surface area contributed by atoms with Gasteiger partial charge >= 0.3 is 12.0 Å². The van der Waals surface area contributed by atoms with Gasteiger partial charge in [0.2, 0.25) is 0 Å². The lowest BCUT2D eigenvalue weighted by Crippen LogP contribution is -2.50. The Hall–Kier alpha value is -1.30. The van der Waals surface area contributed by atoms with Gasteiger partial charge in [0.05, 0.1) is 0 Å². The summed E-state index contributed by atoms with van der Waals surface area (Å²) in [6.45, 7) is 5.43. The van der Waals surface area contributed by atoms with Crippen LogP contribution in [-0.2, 0) is 4.79 Å². The van der Waals surface area contributed by atoms with E-state index in [9.17, 15) is 9.59 Å². The Morgan fingerprint density at radius 3 is 2.55 bits per heavy atom. The molecule has 0 saturated carbocycles. The molecule has 2 aliphatic rings. The lowest BCUT2D eigenvalue weighted by Gasteiger charge is -2.33. The number of nitrogens with zero attached hydrogens (tertiary/aromatic N) is 2. The summed E-state index contributed by atoms with van der Waals surface area (Å²) in [7, 11) is 0. The average Bonchev–Trinajstić information content (AvgIpc) is 2.95. The zero-order valence-corrected chi connectivity index (χ0v) is 12.2. The summed E-state index contributed by atoms with van der Waals surface area (Å²) in [4.78, 5) is 27.0. The molecule has 0 spiro atoms. The Balaban J connectivity index is 1.78. The van der Waals surface area contributed by atoms with E-state index in [1.54, 1.807) is 0 Å². The highest BCUT2D eigenvalue weighted by atomic mass is 16.4. The first kappa shape index (κ1) is 15.1. The molecule has 114 valence electrons. The molecule has 2 saturated heterocycles. The van der Waals surface area contributed by atoms with Gasteiger partial charge in [0.1, 0.15) is 6.04 Å². The van der Waals surface area contributed by atoms with E-state index in [2.05, 4.69) is 17.1 Å². The second-order valence-electron chi connectivity index (χ2n) is 5.82. The number of hydrogen-bond donors (Lipinski definition) is 2. The van der Waals surface area contributed by atoms with Crippen molar-refractivity contribution in [1.82, 2.24) is 15.1 Å². The molecule has 2 heterocycles. The van der Waals surface area contributed by atoms with Crippen molar-refractivity contribution in [2.24, 2.45) is 0 Å². The van der Waals surface area contributed by atoms with Gasteiger partial charge < -0.3 is 15.3 Å². The van der Waals surface area contributed by atoms with Gasteiger partial charge in [-0.1, -0.05) is 6.42 Å². The Morgan fingerprint density at radius 2 is 1.90 bits per heavy atom. The predicted molar refractivity (Wildman–Crippen MR) is 75.6 cm³/mol. The summed E-state index contributed by atoms with van der Waals surface area (Å²) < 4.78 is 0. The molecule has 20 heavy (non-hydrogen) atoms. The van der Waals surface area contributed by atoms with Crippen LogP contribution in [0.2, 0.25) is 0 Å². The van der Waals surface area contributed by atoms with Crippen molar-refractivity contribution in [3.05, 3.63) is 0 Å². The zero-order valence-electron chi connectivity index (χ0n) is 12.2. The van der Waals surface area contributed by atoms with Gasteiger partial charge in [0.15, 0.2) is 0 Å². The summed E-state index contributed by atoms with van der Waals surface area (Å²) in [6.07, 6.45) is 5.08. The third kappa shape index (κ3) is 3.62. The van der Waals surface area contributed by atoms with Crippen molar-refractivity contribution in [1.29, 1.82) is 0 Å². The highest BCUT2D eigenvalue weighted by Gasteiger charge is 2.34. The number of aliphatic carboxylic acids is 1. The molecule has 2 fully saturated rings. The summed E-state index contributed by atoms with van der Waals surface area (Å²) in [6, 6.07) is -0.579. The number of nitrogens with one attached hydrogen (secondary N) is 1. The second-order valence-corrected chi connectivity index (χ2v) is 5.82. The van der Waals surface area contributed by atoms with Gasteiger partial charge in [-0.2, -0.15) is 0 Å². The first-order valence-corrected chi connectivity index (χ1v) is 7.61. The van der Waals surface area contributed by atoms with Crippen LogP contribution < -0.4 is 5.32 Å². The van der Waals surface area contributed by atoms with Crippen LogP contribution in [0.25, 0.3) is 0 Å². The number of carboxylic acid groups (broad SMARTS) is 1. The Kier molecular flexibility index (Phi) is 5.23. The molecule has 0 bridgehead atoms. The maximum absolute atomic E-state index is 12.1. The number of hydrogen-bond acceptors (Lipinski definition) is 3. The fraction of sp³-hybridized carbons (Fsp3) is 0.857. The van der Waals surface area contributed by atoms with Crippen LogP contribution in [-0.4, -0.2) is 65.2 Å². The maximum atomic E-state index is 12.1. The molecule has 2 atom stereocenters. The number of carbonyl (C=O) groups is 2. The van der Waals surface area contributed by atoms with Crippen molar-refractivity contribution in [2.75, 3.05) is 26.2 Å². The van der Waals surface area contributed by atoms with Crippen LogP contribution in [0.1, 0.15) is 39.0 Å². The first-order chi connectivity index (χ1) is 9.59. The number of likely N-dealkylation sites (tertiary alicyclic amines) is 2. The number of carbonyl (C=O) groups excluding carboxylic acids is 1. The van der Waals surface area contributed by atoms with E-state index in [1.807, 2.05) is 0 Å². The van der Waals surface area contributed by atoms with Gasteiger partial charge in [-0.25, -0.2) is 9.59 Å². The summed E-state index contributed by atoms with van der Waals surface area (Å²) >= 11 is 0. The number of piperidine rings is 1. The fourth-order valence-corrected chi connectivity index (χ4v) is 3.09. The molecule has 2 N–H and O–H groups in total. The monoisotopic (exact) mass is 283 g/mol. The van der Waals surface area contributed by atoms with Crippen molar-refractivity contribution >= 4 is 12.0 Å². The molecule has 0 aromatic rings. The quantitative estimate of drug-likeness (QED) is 0.811. The first-order valence-electron chi connectivity index (χ1n) is 7.61. The fourth-order valence-electron chi connectivity index (χ4n) is 3.09. The highest BCUT2D eigenvalue weighted by molar-refractivity contribution is 5.83. The van der Waals surface area contributed by atoms with Crippen molar-refractivity contribution < 1.29 is 14.7 Å². The molecule has 0 radical (unpaired) electrons. The Labute approximate surface area is 120 Å². The third-order valence-electron chi connectivity index (χ3n) is 4.36. The SMILES string of the molecule is CC(CNC(=O)N1CCC[C@@H]1C(=O)O)N1CCCCC1. The van der Waals surface area contributed by atoms with Crippen LogP contribution in [0, 0.1) is 0 Å². The van der Waals surface area contributed by atoms with Crippen LogP contribution in [0.15, 0.2) is 0 Å². The molecule has 1 unspecified atom stereocenters. The van der Waals surface area contributed by atoms with Gasteiger partial charge in [-0.05, 0) is 45.7 Å². The van der Waals surface area contributed by atoms with Crippen LogP contribution in [0.4, 0.5) is 4.79 Å². The molecule has 2 aliphatic heterocycles. The van der Waals surface area contributed by atoms with E-state index >= 15 is 0 Å². The second kappa shape index (κ2) is 6.92. The molecule has 6 heteroatoms. The van der Waals surface area contributed by atoms with Gasteiger partial charge in [0, 0.05) is 19.1 Å². The maximum Gasteiger partial charge on any atom is 0.326 e. The molecule has 0 aromatic carbocycles. The van der Waals surface area contributed by atoms with Crippen molar-refractivity contribution in [2.45, 2.75) is 51.1 Å². The van der Waals surface area contributed by atoms with Crippen molar-refractivity contribution in [3.63, 3.8) is 0 Å². The third-order valence-corrected chi connectivity index (χ3v) is 4.36. The Morgan fingerprint density at radius 1 is 1.20 bits per heavy atom. The van der Waals surface area contributed by atoms with E-state index in [0.717, 1.165) is 19.5 Å². The highest BCUT2D eigenvalue weighted by Crippen LogP contribution is 2.17. The summed E-state index contributed by atoms with van der Waals surface area (Å²) in [5.74, 6) is -0.901. The minimum Gasteiger partial charge on any atom is -0.480 e. The number of amides is 2. The Bertz CT molecular complexity index is 356. The molecule has 2 rings (SSSR count). The predicted octanol–water partition coefficient (Wildman–Crippen LogP) is 1.12. The van der Waals surface area contributed by atoms with Crippen molar-refractivity contribution in [3.8, 4) is 0 Å². The lowest BCUT2D eigenvalue weighted by molar-refractivity contribution is -0.141. The van der Waals surface area contributed by atoms with Crippen LogP contribution >= 0.6 is 0 Å². The van der Waals surface area contributed by atoms with E-state index < -0.39 is 12.0 Å². The van der Waals surface area contributed by atoms with Gasteiger partial charge in [-0.15, -0.1) is 0 Å². The molecule has 0 aliphatic carbocycles.